The van der Waals surface area contributed by atoms with Crippen molar-refractivity contribution in [3.63, 3.8) is 0 Å². The largest absolute Gasteiger partial charge is 0.481 e. The summed E-state index contributed by atoms with van der Waals surface area (Å²) in [6.45, 7) is 0.0389. The van der Waals surface area contributed by atoms with Crippen molar-refractivity contribution in [3.8, 4) is 0 Å². The van der Waals surface area contributed by atoms with Gasteiger partial charge in [0.05, 0.1) is 16.1 Å². The maximum atomic E-state index is 10.6. The average molecular weight is 207 g/mol. The zero-order valence-electron chi connectivity index (χ0n) is 6.03. The van der Waals surface area contributed by atoms with Gasteiger partial charge in [0.2, 0.25) is 0 Å². The van der Waals surface area contributed by atoms with E-state index in [1.54, 1.807) is 0 Å². The van der Waals surface area contributed by atoms with Crippen LogP contribution >= 0.6 is 23.1 Å². The molecule has 0 saturated heterocycles. The van der Waals surface area contributed by atoms with Crippen LogP contribution in [0.15, 0.2) is 6.20 Å². The molecule has 1 aromatic heterocycles. The van der Waals surface area contributed by atoms with Gasteiger partial charge in [-0.2, -0.15) is 4.37 Å². The molecule has 0 fully saturated rings. The fraction of sp³-hybridized carbons (Fsp3) is 0.333. The van der Waals surface area contributed by atoms with Gasteiger partial charge in [0.15, 0.2) is 0 Å². The Hall–Kier alpha value is -0.650. The molecule has 0 aliphatic rings. The lowest BCUT2D eigenvalue weighted by Gasteiger charge is -2.05. The van der Waals surface area contributed by atoms with Crippen molar-refractivity contribution in [3.05, 3.63) is 16.1 Å². The summed E-state index contributed by atoms with van der Waals surface area (Å²) in [4.78, 5) is 11.1. The standard InChI is InChI=1S/C6H7ClN2O2S/c7-4-2-9-12-5(4)3(1-8)6(10)11/h2-3H,1,8H2,(H,10,11). The lowest BCUT2D eigenvalue weighted by atomic mass is 10.1. The van der Waals surface area contributed by atoms with Gasteiger partial charge in [-0.05, 0) is 11.5 Å². The average Bonchev–Trinajstić information content (AvgIpc) is 2.38. The van der Waals surface area contributed by atoms with Crippen LogP contribution in [0.1, 0.15) is 10.8 Å². The van der Waals surface area contributed by atoms with Crippen LogP contribution in [0.5, 0.6) is 0 Å². The number of carboxylic acids is 1. The van der Waals surface area contributed by atoms with Crippen molar-refractivity contribution >= 4 is 29.1 Å². The first-order valence-corrected chi connectivity index (χ1v) is 4.35. The van der Waals surface area contributed by atoms with Gasteiger partial charge in [-0.3, -0.25) is 4.79 Å². The summed E-state index contributed by atoms with van der Waals surface area (Å²) in [5.74, 6) is -1.70. The van der Waals surface area contributed by atoms with Gasteiger partial charge >= 0.3 is 5.97 Å². The Morgan fingerprint density at radius 2 is 2.58 bits per heavy atom. The molecule has 0 spiro atoms. The molecule has 1 heterocycles. The predicted molar refractivity (Wildman–Crippen MR) is 46.6 cm³/mol. The SMILES string of the molecule is NCC(C(=O)O)c1sncc1Cl. The molecule has 4 nitrogen and oxygen atoms in total. The molecule has 1 unspecified atom stereocenters. The Balaban J connectivity index is 2.94. The first-order valence-electron chi connectivity index (χ1n) is 3.19. The van der Waals surface area contributed by atoms with Crippen molar-refractivity contribution in [2.24, 2.45) is 5.73 Å². The number of aromatic nitrogens is 1. The highest BCUT2D eigenvalue weighted by Gasteiger charge is 2.22. The molecule has 3 N–H and O–H groups in total. The van der Waals surface area contributed by atoms with Crippen LogP contribution in [-0.4, -0.2) is 22.0 Å². The molecule has 0 radical (unpaired) electrons. The Bertz CT molecular complexity index is 289. The van der Waals surface area contributed by atoms with Gasteiger partial charge in [0.25, 0.3) is 0 Å². The van der Waals surface area contributed by atoms with E-state index >= 15 is 0 Å². The lowest BCUT2D eigenvalue weighted by molar-refractivity contribution is -0.138. The van der Waals surface area contributed by atoms with Gasteiger partial charge < -0.3 is 10.8 Å². The molecule has 6 heteroatoms. The molecule has 0 aromatic carbocycles. The molecule has 0 saturated carbocycles. The monoisotopic (exact) mass is 206 g/mol. The van der Waals surface area contributed by atoms with Gasteiger partial charge in [-0.1, -0.05) is 11.6 Å². The van der Waals surface area contributed by atoms with Crippen LogP contribution < -0.4 is 5.73 Å². The highest BCUT2D eigenvalue weighted by atomic mass is 35.5. The summed E-state index contributed by atoms with van der Waals surface area (Å²) >= 11 is 6.75. The van der Waals surface area contributed by atoms with E-state index in [1.165, 1.54) is 6.20 Å². The van der Waals surface area contributed by atoms with E-state index in [1.807, 2.05) is 0 Å². The number of aliphatic carboxylic acids is 1. The third-order valence-electron chi connectivity index (χ3n) is 1.40. The van der Waals surface area contributed by atoms with Gasteiger partial charge in [0, 0.05) is 6.54 Å². The van der Waals surface area contributed by atoms with Crippen molar-refractivity contribution in [1.29, 1.82) is 0 Å². The summed E-state index contributed by atoms with van der Waals surface area (Å²) in [6, 6.07) is 0. The molecular weight excluding hydrogens is 200 g/mol. The second kappa shape index (κ2) is 3.84. The van der Waals surface area contributed by atoms with Crippen LogP contribution in [0.2, 0.25) is 5.02 Å². The van der Waals surface area contributed by atoms with Crippen molar-refractivity contribution < 1.29 is 9.90 Å². The second-order valence-electron chi connectivity index (χ2n) is 2.16. The lowest BCUT2D eigenvalue weighted by Crippen LogP contribution is -2.20. The molecule has 12 heavy (non-hydrogen) atoms. The Morgan fingerprint density at radius 1 is 1.92 bits per heavy atom. The van der Waals surface area contributed by atoms with E-state index in [0.717, 1.165) is 11.5 Å². The van der Waals surface area contributed by atoms with Crippen molar-refractivity contribution in [2.45, 2.75) is 5.92 Å². The van der Waals surface area contributed by atoms with Crippen LogP contribution in [0.4, 0.5) is 0 Å². The van der Waals surface area contributed by atoms with Gasteiger partial charge in [0.1, 0.15) is 5.92 Å². The quantitative estimate of drug-likeness (QED) is 0.771. The summed E-state index contributed by atoms with van der Waals surface area (Å²) in [5, 5.41) is 9.08. The Labute approximate surface area is 78.1 Å². The van der Waals surface area contributed by atoms with Crippen molar-refractivity contribution in [1.82, 2.24) is 4.37 Å². The van der Waals surface area contributed by atoms with Crippen LogP contribution in [-0.2, 0) is 4.79 Å². The van der Waals surface area contributed by atoms with E-state index < -0.39 is 11.9 Å². The molecule has 1 atom stereocenters. The Morgan fingerprint density at radius 3 is 2.92 bits per heavy atom. The maximum absolute atomic E-state index is 10.6. The third-order valence-corrected chi connectivity index (χ3v) is 2.73. The fourth-order valence-electron chi connectivity index (χ4n) is 0.787. The molecule has 1 rings (SSSR count). The number of hydrogen-bond donors (Lipinski definition) is 2. The predicted octanol–water partition coefficient (Wildman–Crippen LogP) is 0.923. The molecule has 1 aromatic rings. The zero-order valence-corrected chi connectivity index (χ0v) is 7.60. The Kier molecular flexibility index (Phi) is 3.02. The highest BCUT2D eigenvalue weighted by Crippen LogP contribution is 2.27. The summed E-state index contributed by atoms with van der Waals surface area (Å²) in [5.41, 5.74) is 5.27. The van der Waals surface area contributed by atoms with Crippen LogP contribution in [0, 0.1) is 0 Å². The first-order chi connectivity index (χ1) is 5.66. The number of nitrogens with two attached hydrogens (primary N) is 1. The molecule has 66 valence electrons. The van der Waals surface area contributed by atoms with E-state index in [4.69, 9.17) is 22.4 Å². The number of hydrogen-bond acceptors (Lipinski definition) is 4. The smallest absolute Gasteiger partial charge is 0.313 e. The number of rotatable bonds is 3. The summed E-state index contributed by atoms with van der Waals surface area (Å²) in [6.07, 6.45) is 1.42. The number of halogens is 1. The maximum Gasteiger partial charge on any atom is 0.313 e. The number of carbonyl (C=O) groups is 1. The number of carboxylic acid groups (broad SMARTS) is 1. The molecule has 0 aliphatic heterocycles. The molecule has 0 bridgehead atoms. The van der Waals surface area contributed by atoms with E-state index in [9.17, 15) is 4.79 Å². The first kappa shape index (κ1) is 9.44. The summed E-state index contributed by atoms with van der Waals surface area (Å²) < 4.78 is 3.76. The van der Waals surface area contributed by atoms with Crippen LogP contribution in [0.3, 0.4) is 0 Å². The van der Waals surface area contributed by atoms with Gasteiger partial charge in [-0.15, -0.1) is 0 Å². The number of nitrogens with zero attached hydrogens (tertiary/aromatic N) is 1. The topological polar surface area (TPSA) is 76.2 Å². The van der Waals surface area contributed by atoms with Crippen LogP contribution in [0.25, 0.3) is 0 Å². The van der Waals surface area contributed by atoms with E-state index in [-0.39, 0.29) is 6.54 Å². The van der Waals surface area contributed by atoms with E-state index in [2.05, 4.69) is 4.37 Å². The summed E-state index contributed by atoms with van der Waals surface area (Å²) in [7, 11) is 0. The fourth-order valence-corrected chi connectivity index (χ4v) is 1.86. The minimum atomic E-state index is -0.969. The minimum absolute atomic E-state index is 0.0389. The normalized spacial score (nSPS) is 12.8. The third kappa shape index (κ3) is 1.74. The highest BCUT2D eigenvalue weighted by molar-refractivity contribution is 7.06. The molecule has 0 aliphatic carbocycles. The molecular formula is C6H7ClN2O2S. The zero-order chi connectivity index (χ0) is 9.14. The van der Waals surface area contributed by atoms with Gasteiger partial charge in [-0.25, -0.2) is 0 Å². The van der Waals surface area contributed by atoms with E-state index in [0.29, 0.717) is 9.90 Å². The molecule has 0 amide bonds. The van der Waals surface area contributed by atoms with Crippen molar-refractivity contribution in [2.75, 3.05) is 6.54 Å². The minimum Gasteiger partial charge on any atom is -0.481 e. The second-order valence-corrected chi connectivity index (χ2v) is 3.40.